The van der Waals surface area contributed by atoms with Crippen LogP contribution in [0.2, 0.25) is 0 Å². The van der Waals surface area contributed by atoms with Crippen molar-refractivity contribution in [3.63, 3.8) is 0 Å². The molecule has 0 N–H and O–H groups in total. The molecule has 0 saturated heterocycles. The second-order valence-electron chi connectivity index (χ2n) is 6.01. The molecule has 1 heteroatoms. The lowest BCUT2D eigenvalue weighted by Gasteiger charge is -2.20. The van der Waals surface area contributed by atoms with E-state index in [4.69, 9.17) is 7.85 Å². The molecule has 0 saturated carbocycles. The lowest BCUT2D eigenvalue weighted by atomic mass is 9.79. The van der Waals surface area contributed by atoms with Gasteiger partial charge in [0.15, 0.2) is 0 Å². The smallest absolute Gasteiger partial charge is 0.0892 e. The summed E-state index contributed by atoms with van der Waals surface area (Å²) in [6.45, 7) is 0. The molecule has 0 bridgehead atoms. The molecule has 0 aromatic heterocycles. The van der Waals surface area contributed by atoms with Gasteiger partial charge >= 0.3 is 0 Å². The van der Waals surface area contributed by atoms with Crippen LogP contribution in [0.3, 0.4) is 0 Å². The van der Waals surface area contributed by atoms with Crippen molar-refractivity contribution in [3.8, 4) is 11.1 Å². The standard InChI is InChI=1S/C20H13B/c21-19-9-8-15-18-11-13-5-2-1-4-12(13)10-17(18)14-6-3-7-16(19)20(14)15/h1-5,7-11,14H,6H2. The molecule has 21 heavy (non-hydrogen) atoms. The van der Waals surface area contributed by atoms with Crippen LogP contribution < -0.4 is 5.46 Å². The van der Waals surface area contributed by atoms with Gasteiger partial charge in [0.2, 0.25) is 0 Å². The van der Waals surface area contributed by atoms with E-state index in [1.807, 2.05) is 6.07 Å². The van der Waals surface area contributed by atoms with Crippen molar-refractivity contribution in [1.82, 2.24) is 0 Å². The first-order chi connectivity index (χ1) is 10.3. The minimum atomic E-state index is 0.475. The van der Waals surface area contributed by atoms with Crippen LogP contribution in [0.25, 0.3) is 28.0 Å². The Bertz CT molecular complexity index is 934. The normalized spacial score (nSPS) is 17.8. The zero-order valence-corrected chi connectivity index (χ0v) is 11.6. The zero-order valence-electron chi connectivity index (χ0n) is 11.6. The Balaban J connectivity index is 1.91. The van der Waals surface area contributed by atoms with Crippen LogP contribution in [-0.2, 0) is 0 Å². The number of hydrogen-bond donors (Lipinski definition) is 0. The minimum absolute atomic E-state index is 0.475. The summed E-state index contributed by atoms with van der Waals surface area (Å²) in [4.78, 5) is 0. The number of allylic oxidation sites excluding steroid dienone is 1. The van der Waals surface area contributed by atoms with Gasteiger partial charge in [-0.25, -0.2) is 0 Å². The van der Waals surface area contributed by atoms with Gasteiger partial charge in [0.1, 0.15) is 7.85 Å². The fourth-order valence-electron chi connectivity index (χ4n) is 3.95. The van der Waals surface area contributed by atoms with Crippen molar-refractivity contribution in [2.75, 3.05) is 0 Å². The minimum Gasteiger partial charge on any atom is -0.0892 e. The molecule has 2 aliphatic carbocycles. The van der Waals surface area contributed by atoms with Crippen LogP contribution in [0.1, 0.15) is 29.0 Å². The van der Waals surface area contributed by atoms with Crippen molar-refractivity contribution in [1.29, 1.82) is 0 Å². The van der Waals surface area contributed by atoms with E-state index in [-0.39, 0.29) is 0 Å². The third-order valence-electron chi connectivity index (χ3n) is 4.91. The summed E-state index contributed by atoms with van der Waals surface area (Å²) in [6, 6.07) is 17.6. The summed E-state index contributed by atoms with van der Waals surface area (Å²) in [5.74, 6) is 0.475. The van der Waals surface area contributed by atoms with Crippen molar-refractivity contribution in [2.45, 2.75) is 12.3 Å². The van der Waals surface area contributed by atoms with Crippen LogP contribution >= 0.6 is 0 Å². The highest BCUT2D eigenvalue weighted by molar-refractivity contribution is 6.34. The average molecular weight is 264 g/mol. The molecule has 0 aliphatic heterocycles. The van der Waals surface area contributed by atoms with Crippen molar-refractivity contribution < 1.29 is 0 Å². The number of fused-ring (bicyclic) bond motifs is 4. The Morgan fingerprint density at radius 1 is 0.905 bits per heavy atom. The maximum atomic E-state index is 6.18. The van der Waals surface area contributed by atoms with E-state index < -0.39 is 0 Å². The molecule has 3 aromatic rings. The zero-order chi connectivity index (χ0) is 14.0. The van der Waals surface area contributed by atoms with Gasteiger partial charge in [0.05, 0.1) is 0 Å². The maximum absolute atomic E-state index is 6.18. The summed E-state index contributed by atoms with van der Waals surface area (Å²) < 4.78 is 0. The van der Waals surface area contributed by atoms with Crippen LogP contribution in [0.4, 0.5) is 0 Å². The second kappa shape index (κ2) is 3.88. The van der Waals surface area contributed by atoms with Gasteiger partial charge in [-0.1, -0.05) is 54.0 Å². The lowest BCUT2D eigenvalue weighted by molar-refractivity contribution is 0.846. The number of benzene rings is 3. The van der Waals surface area contributed by atoms with Crippen LogP contribution in [0, 0.1) is 0 Å². The van der Waals surface area contributed by atoms with E-state index >= 15 is 0 Å². The molecule has 0 fully saturated rings. The average Bonchev–Trinajstić information content (AvgIpc) is 2.84. The highest BCUT2D eigenvalue weighted by Crippen LogP contribution is 2.50. The first-order valence-corrected chi connectivity index (χ1v) is 7.45. The summed E-state index contributed by atoms with van der Waals surface area (Å²) in [5, 5.41) is 2.64. The van der Waals surface area contributed by atoms with E-state index in [1.54, 1.807) is 0 Å². The Morgan fingerprint density at radius 3 is 2.57 bits per heavy atom. The molecule has 0 nitrogen and oxygen atoms in total. The van der Waals surface area contributed by atoms with Gasteiger partial charge in [0.25, 0.3) is 0 Å². The molecule has 1 atom stereocenters. The fraction of sp³-hybridized carbons (Fsp3) is 0.100. The third kappa shape index (κ3) is 1.41. The van der Waals surface area contributed by atoms with E-state index in [2.05, 4.69) is 54.6 Å². The van der Waals surface area contributed by atoms with Gasteiger partial charge in [-0.05, 0) is 57.1 Å². The van der Waals surface area contributed by atoms with Gasteiger partial charge in [-0.15, -0.1) is 0 Å². The van der Waals surface area contributed by atoms with Gasteiger partial charge in [-0.3, -0.25) is 0 Å². The van der Waals surface area contributed by atoms with E-state index in [1.165, 1.54) is 38.6 Å². The molecule has 5 rings (SSSR count). The highest BCUT2D eigenvalue weighted by Gasteiger charge is 2.32. The third-order valence-corrected chi connectivity index (χ3v) is 4.91. The quantitative estimate of drug-likeness (QED) is 0.535. The molecular formula is C20H13B. The van der Waals surface area contributed by atoms with Gasteiger partial charge < -0.3 is 0 Å². The molecule has 2 radical (unpaired) electrons. The van der Waals surface area contributed by atoms with E-state index in [9.17, 15) is 0 Å². The largest absolute Gasteiger partial charge is 0.114 e. The monoisotopic (exact) mass is 264 g/mol. The van der Waals surface area contributed by atoms with Crippen LogP contribution in [0.5, 0.6) is 0 Å². The van der Waals surface area contributed by atoms with Gasteiger partial charge in [-0.2, -0.15) is 0 Å². The molecule has 0 spiro atoms. The molecular weight excluding hydrogens is 251 g/mol. The molecule has 0 heterocycles. The Kier molecular flexibility index (Phi) is 2.11. The fourth-order valence-corrected chi connectivity index (χ4v) is 3.95. The Morgan fingerprint density at radius 2 is 1.71 bits per heavy atom. The van der Waals surface area contributed by atoms with E-state index in [0.717, 1.165) is 11.9 Å². The first kappa shape index (κ1) is 11.4. The maximum Gasteiger partial charge on any atom is 0.114 e. The lowest BCUT2D eigenvalue weighted by Crippen LogP contribution is -2.13. The molecule has 0 amide bonds. The first-order valence-electron chi connectivity index (χ1n) is 7.45. The number of hydrogen-bond acceptors (Lipinski definition) is 0. The van der Waals surface area contributed by atoms with Crippen LogP contribution in [0.15, 0.2) is 54.6 Å². The van der Waals surface area contributed by atoms with E-state index in [0.29, 0.717) is 5.92 Å². The summed E-state index contributed by atoms with van der Waals surface area (Å²) in [5.41, 5.74) is 7.77. The predicted octanol–water partition coefficient (Wildman–Crippen LogP) is 4.16. The van der Waals surface area contributed by atoms with Crippen LogP contribution in [-0.4, -0.2) is 7.85 Å². The highest BCUT2D eigenvalue weighted by atomic mass is 14.3. The summed E-state index contributed by atoms with van der Waals surface area (Å²) >= 11 is 0. The molecule has 3 aromatic carbocycles. The summed E-state index contributed by atoms with van der Waals surface area (Å²) in [7, 11) is 6.18. The summed E-state index contributed by atoms with van der Waals surface area (Å²) in [6.07, 6.45) is 5.53. The molecule has 96 valence electrons. The second-order valence-corrected chi connectivity index (χ2v) is 6.01. The number of rotatable bonds is 0. The van der Waals surface area contributed by atoms with Gasteiger partial charge in [0, 0.05) is 5.92 Å². The predicted molar refractivity (Wildman–Crippen MR) is 90.3 cm³/mol. The van der Waals surface area contributed by atoms with Crippen molar-refractivity contribution in [2.24, 2.45) is 0 Å². The molecule has 1 unspecified atom stereocenters. The SMILES string of the molecule is [B]c1ccc2c3c1C=CCC3c1cc3ccccc3cc1-2. The van der Waals surface area contributed by atoms with Crippen molar-refractivity contribution in [3.05, 3.63) is 71.3 Å². The molecule has 2 aliphatic rings. The Labute approximate surface area is 125 Å². The Hall–Kier alpha value is -2.28. The topological polar surface area (TPSA) is 0 Å². The van der Waals surface area contributed by atoms with Crippen molar-refractivity contribution >= 4 is 30.2 Å².